The number of hydrogen-bond donors (Lipinski definition) is 2. The van der Waals surface area contributed by atoms with E-state index in [1.807, 2.05) is 4.90 Å². The van der Waals surface area contributed by atoms with Crippen LogP contribution in [0.3, 0.4) is 0 Å². The van der Waals surface area contributed by atoms with Gasteiger partial charge in [0, 0.05) is 25.6 Å². The van der Waals surface area contributed by atoms with Gasteiger partial charge < -0.3 is 14.9 Å². The van der Waals surface area contributed by atoms with Crippen LogP contribution in [0.1, 0.15) is 33.1 Å². The lowest BCUT2D eigenvalue weighted by Crippen LogP contribution is -2.35. The van der Waals surface area contributed by atoms with Crippen molar-refractivity contribution in [3.8, 4) is 0 Å². The zero-order chi connectivity index (χ0) is 14.3. The van der Waals surface area contributed by atoms with Crippen LogP contribution in [-0.2, 0) is 4.79 Å². The van der Waals surface area contributed by atoms with E-state index in [0.717, 1.165) is 44.8 Å². The number of carbonyl (C=O) groups excluding carboxylic acids is 1. The summed E-state index contributed by atoms with van der Waals surface area (Å²) >= 11 is 4.29. The van der Waals surface area contributed by atoms with Crippen molar-refractivity contribution >= 4 is 18.5 Å². The molecule has 0 aromatic rings. The van der Waals surface area contributed by atoms with Crippen molar-refractivity contribution < 1.29 is 9.90 Å². The van der Waals surface area contributed by atoms with Crippen molar-refractivity contribution in [3.63, 3.8) is 0 Å². The number of rotatable bonds is 9. The maximum atomic E-state index is 11.9. The summed E-state index contributed by atoms with van der Waals surface area (Å²) in [5.41, 5.74) is 0. The summed E-state index contributed by atoms with van der Waals surface area (Å²) in [6.07, 6.45) is 2.77. The molecule has 19 heavy (non-hydrogen) atoms. The predicted molar refractivity (Wildman–Crippen MR) is 81.6 cm³/mol. The first-order valence-corrected chi connectivity index (χ1v) is 7.99. The normalized spacial score (nSPS) is 21.4. The molecule has 1 rings (SSSR count). The minimum absolute atomic E-state index is 0.220. The molecule has 1 N–H and O–H groups in total. The van der Waals surface area contributed by atoms with E-state index in [-0.39, 0.29) is 12.5 Å². The molecule has 0 bridgehead atoms. The first-order chi connectivity index (χ1) is 9.12. The minimum atomic E-state index is 0.220. The molecule has 5 heteroatoms. The Kier molecular flexibility index (Phi) is 7.80. The Hall–Kier alpha value is -0.260. The van der Waals surface area contributed by atoms with Crippen LogP contribution in [0.15, 0.2) is 0 Å². The van der Waals surface area contributed by atoms with E-state index in [9.17, 15) is 4.79 Å². The number of amides is 1. The summed E-state index contributed by atoms with van der Waals surface area (Å²) in [6.45, 7) is 8.06. The lowest BCUT2D eigenvalue weighted by Gasteiger charge is -2.26. The topological polar surface area (TPSA) is 43.8 Å². The number of likely N-dealkylation sites (tertiary alicyclic amines) is 1. The Labute approximate surface area is 122 Å². The van der Waals surface area contributed by atoms with Crippen LogP contribution in [0.5, 0.6) is 0 Å². The van der Waals surface area contributed by atoms with Crippen LogP contribution in [0, 0.1) is 5.92 Å². The summed E-state index contributed by atoms with van der Waals surface area (Å²) in [4.78, 5) is 16.2. The van der Waals surface area contributed by atoms with Crippen LogP contribution in [-0.4, -0.2) is 65.4 Å². The molecule has 0 aromatic carbocycles. The van der Waals surface area contributed by atoms with Crippen LogP contribution in [0.4, 0.5) is 0 Å². The SMILES string of the molecule is CCN(CCO)CCCC(C)N1CC(CS)CC1=O. The molecular formula is C14H28N2O2S. The second kappa shape index (κ2) is 8.82. The summed E-state index contributed by atoms with van der Waals surface area (Å²) in [5.74, 6) is 1.52. The van der Waals surface area contributed by atoms with Crippen molar-refractivity contribution in [2.45, 2.75) is 39.2 Å². The van der Waals surface area contributed by atoms with Crippen LogP contribution < -0.4 is 0 Å². The maximum Gasteiger partial charge on any atom is 0.223 e. The van der Waals surface area contributed by atoms with Crippen molar-refractivity contribution in [1.82, 2.24) is 9.80 Å². The van der Waals surface area contributed by atoms with Gasteiger partial charge >= 0.3 is 0 Å². The Balaban J connectivity index is 2.27. The standard InChI is InChI=1S/C14H28N2O2S/c1-3-15(7-8-17)6-4-5-12(2)16-10-13(11-19)9-14(16)18/h12-13,17,19H,3-11H2,1-2H3. The lowest BCUT2D eigenvalue weighted by atomic mass is 10.1. The molecule has 1 saturated heterocycles. The molecule has 0 aliphatic carbocycles. The van der Waals surface area contributed by atoms with E-state index in [1.54, 1.807) is 0 Å². The molecule has 0 saturated carbocycles. The van der Waals surface area contributed by atoms with Crippen molar-refractivity contribution in [3.05, 3.63) is 0 Å². The van der Waals surface area contributed by atoms with Gasteiger partial charge in [-0.3, -0.25) is 4.79 Å². The molecule has 2 unspecified atom stereocenters. The molecule has 4 nitrogen and oxygen atoms in total. The fourth-order valence-electron chi connectivity index (χ4n) is 2.69. The average molecular weight is 288 g/mol. The molecule has 1 fully saturated rings. The number of carbonyl (C=O) groups is 1. The van der Waals surface area contributed by atoms with Crippen molar-refractivity contribution in [2.75, 3.05) is 38.5 Å². The largest absolute Gasteiger partial charge is 0.395 e. The number of nitrogens with zero attached hydrogens (tertiary/aromatic N) is 2. The molecular weight excluding hydrogens is 260 g/mol. The third-order valence-electron chi connectivity index (χ3n) is 3.99. The molecule has 0 radical (unpaired) electrons. The Bertz CT molecular complexity index is 276. The second-order valence-electron chi connectivity index (χ2n) is 5.45. The second-order valence-corrected chi connectivity index (χ2v) is 5.81. The number of aliphatic hydroxyl groups excluding tert-OH is 1. The van der Waals surface area contributed by atoms with Gasteiger partial charge in [0.2, 0.25) is 5.91 Å². The monoisotopic (exact) mass is 288 g/mol. The third kappa shape index (κ3) is 5.32. The average Bonchev–Trinajstić information content (AvgIpc) is 2.79. The molecule has 1 heterocycles. The molecule has 2 atom stereocenters. The smallest absolute Gasteiger partial charge is 0.223 e. The Morgan fingerprint density at radius 3 is 2.79 bits per heavy atom. The molecule has 1 aliphatic heterocycles. The van der Waals surface area contributed by atoms with E-state index in [1.165, 1.54) is 0 Å². The lowest BCUT2D eigenvalue weighted by molar-refractivity contribution is -0.129. The number of hydrogen-bond acceptors (Lipinski definition) is 4. The van der Waals surface area contributed by atoms with Crippen molar-refractivity contribution in [1.29, 1.82) is 0 Å². The fraction of sp³-hybridized carbons (Fsp3) is 0.929. The predicted octanol–water partition coefficient (Wildman–Crippen LogP) is 1.25. The number of aliphatic hydroxyl groups is 1. The fourth-order valence-corrected chi connectivity index (χ4v) is 2.94. The minimum Gasteiger partial charge on any atom is -0.395 e. The Morgan fingerprint density at radius 1 is 1.53 bits per heavy atom. The van der Waals surface area contributed by atoms with Gasteiger partial charge in [-0.2, -0.15) is 12.6 Å². The van der Waals surface area contributed by atoms with Gasteiger partial charge in [-0.05, 0) is 44.5 Å². The first kappa shape index (κ1) is 16.8. The van der Waals surface area contributed by atoms with E-state index >= 15 is 0 Å². The van der Waals surface area contributed by atoms with Gasteiger partial charge in [0.05, 0.1) is 6.61 Å². The highest BCUT2D eigenvalue weighted by molar-refractivity contribution is 7.80. The highest BCUT2D eigenvalue weighted by Crippen LogP contribution is 2.22. The van der Waals surface area contributed by atoms with Gasteiger partial charge in [0.1, 0.15) is 0 Å². The van der Waals surface area contributed by atoms with Gasteiger partial charge in [0.25, 0.3) is 0 Å². The highest BCUT2D eigenvalue weighted by atomic mass is 32.1. The van der Waals surface area contributed by atoms with Crippen LogP contribution >= 0.6 is 12.6 Å². The first-order valence-electron chi connectivity index (χ1n) is 7.35. The van der Waals surface area contributed by atoms with Gasteiger partial charge in [0.15, 0.2) is 0 Å². The van der Waals surface area contributed by atoms with E-state index in [4.69, 9.17) is 5.11 Å². The molecule has 112 valence electrons. The molecule has 1 amide bonds. The van der Waals surface area contributed by atoms with Crippen LogP contribution in [0.25, 0.3) is 0 Å². The zero-order valence-corrected chi connectivity index (χ0v) is 13.1. The quantitative estimate of drug-likeness (QED) is 0.628. The van der Waals surface area contributed by atoms with Crippen LogP contribution in [0.2, 0.25) is 0 Å². The maximum absolute atomic E-state index is 11.9. The summed E-state index contributed by atoms with van der Waals surface area (Å²) < 4.78 is 0. The molecule has 1 aliphatic rings. The molecule has 0 spiro atoms. The van der Waals surface area contributed by atoms with E-state index in [0.29, 0.717) is 18.4 Å². The summed E-state index contributed by atoms with van der Waals surface area (Å²) in [7, 11) is 0. The van der Waals surface area contributed by atoms with Gasteiger partial charge in [-0.1, -0.05) is 6.92 Å². The van der Waals surface area contributed by atoms with E-state index < -0.39 is 0 Å². The number of thiol groups is 1. The van der Waals surface area contributed by atoms with Crippen molar-refractivity contribution in [2.24, 2.45) is 5.92 Å². The highest BCUT2D eigenvalue weighted by Gasteiger charge is 2.31. The summed E-state index contributed by atoms with van der Waals surface area (Å²) in [6, 6.07) is 0.324. The zero-order valence-electron chi connectivity index (χ0n) is 12.2. The van der Waals surface area contributed by atoms with Gasteiger partial charge in [-0.25, -0.2) is 0 Å². The third-order valence-corrected chi connectivity index (χ3v) is 4.50. The molecule has 0 aromatic heterocycles. The van der Waals surface area contributed by atoms with E-state index in [2.05, 4.69) is 31.4 Å². The van der Waals surface area contributed by atoms with Gasteiger partial charge in [-0.15, -0.1) is 0 Å². The number of likely N-dealkylation sites (N-methyl/N-ethyl adjacent to an activating group) is 1. The summed E-state index contributed by atoms with van der Waals surface area (Å²) in [5, 5.41) is 8.94. The Morgan fingerprint density at radius 2 is 2.26 bits per heavy atom.